The average Bonchev–Trinajstić information content (AvgIpc) is 3.33. The Morgan fingerprint density at radius 3 is 2.49 bits per heavy atom. The predicted octanol–water partition coefficient (Wildman–Crippen LogP) is 5.11. The molecule has 37 heavy (non-hydrogen) atoms. The van der Waals surface area contributed by atoms with Crippen LogP contribution in [0, 0.1) is 16.7 Å². The lowest BCUT2D eigenvalue weighted by Crippen LogP contribution is -2.66. The molecule has 6 nitrogen and oxygen atoms in total. The van der Waals surface area contributed by atoms with Gasteiger partial charge < -0.3 is 19.1 Å². The van der Waals surface area contributed by atoms with Crippen LogP contribution in [0.25, 0.3) is 22.8 Å². The molecule has 0 amide bonds. The minimum Gasteiger partial charge on any atom is -0.489 e. The summed E-state index contributed by atoms with van der Waals surface area (Å²) >= 11 is 0. The van der Waals surface area contributed by atoms with E-state index in [2.05, 4.69) is 52.4 Å². The number of aromatic nitrogens is 1. The number of benzene rings is 2. The monoisotopic (exact) mass is 491 g/mol. The number of pyridine rings is 1. The molecule has 3 aliphatic heterocycles. The molecule has 0 atom stereocenters. The summed E-state index contributed by atoms with van der Waals surface area (Å²) in [6.07, 6.45) is 6.75. The fourth-order valence-corrected chi connectivity index (χ4v) is 5.93. The maximum Gasteiger partial charge on any atom is 0.137 e. The number of fused-ring (bicyclic) bond motifs is 1. The lowest BCUT2D eigenvalue weighted by atomic mass is 9.78. The summed E-state index contributed by atoms with van der Waals surface area (Å²) in [5.41, 5.74) is 9.08. The molecule has 1 spiro atoms. The molecule has 0 bridgehead atoms. The number of allylic oxidation sites excluding steroid dienone is 1. The first-order valence-corrected chi connectivity index (χ1v) is 13.1. The molecule has 1 aromatic heterocycles. The van der Waals surface area contributed by atoms with Gasteiger partial charge in [0, 0.05) is 49.8 Å². The zero-order valence-electron chi connectivity index (χ0n) is 20.8. The standard InChI is InChI=1S/C31H29N3O3/c32-16-24-13-22(3-6-30(24)37-26-8-11-35-12-9-26)27-7-10-33-29-15-23(14-28(27)29)21-1-4-25(5-2-21)34-17-31(18-34)19-36-20-31/h1-7,10,13-14,26H,8-9,11-12,15,17-20H2. The van der Waals surface area contributed by atoms with Crippen molar-refractivity contribution in [2.45, 2.75) is 25.4 Å². The highest BCUT2D eigenvalue weighted by Crippen LogP contribution is 2.41. The molecule has 3 fully saturated rings. The molecule has 4 aliphatic rings. The Morgan fingerprint density at radius 1 is 0.973 bits per heavy atom. The number of ether oxygens (including phenoxy) is 3. The summed E-state index contributed by atoms with van der Waals surface area (Å²) in [7, 11) is 0. The fourth-order valence-electron chi connectivity index (χ4n) is 5.93. The lowest BCUT2D eigenvalue weighted by molar-refractivity contribution is -0.127. The third-order valence-electron chi connectivity index (χ3n) is 8.09. The Morgan fingerprint density at radius 2 is 1.76 bits per heavy atom. The van der Waals surface area contributed by atoms with Crippen LogP contribution in [0.1, 0.15) is 35.2 Å². The second kappa shape index (κ2) is 9.02. The molecule has 6 heteroatoms. The van der Waals surface area contributed by atoms with Crippen LogP contribution in [-0.4, -0.2) is 50.6 Å². The van der Waals surface area contributed by atoms with Gasteiger partial charge in [0.1, 0.15) is 17.9 Å². The molecule has 0 saturated carbocycles. The molecular formula is C31H29N3O3. The van der Waals surface area contributed by atoms with Gasteiger partial charge >= 0.3 is 0 Å². The smallest absolute Gasteiger partial charge is 0.137 e. The number of anilines is 1. The van der Waals surface area contributed by atoms with E-state index < -0.39 is 0 Å². The van der Waals surface area contributed by atoms with Crippen molar-refractivity contribution in [3.63, 3.8) is 0 Å². The summed E-state index contributed by atoms with van der Waals surface area (Å²) in [5, 5.41) is 9.84. The first-order chi connectivity index (χ1) is 18.2. The fraction of sp³-hybridized carbons (Fsp3) is 0.355. The third-order valence-corrected chi connectivity index (χ3v) is 8.09. The number of hydrogen-bond donors (Lipinski definition) is 0. The van der Waals surface area contributed by atoms with Gasteiger partial charge in [-0.05, 0) is 58.7 Å². The molecule has 186 valence electrons. The van der Waals surface area contributed by atoms with Gasteiger partial charge in [-0.25, -0.2) is 0 Å². The summed E-state index contributed by atoms with van der Waals surface area (Å²) in [6.45, 7) is 5.42. The molecule has 4 heterocycles. The van der Waals surface area contributed by atoms with E-state index in [0.29, 0.717) is 29.9 Å². The Labute approximate surface area is 217 Å². The van der Waals surface area contributed by atoms with E-state index in [0.717, 1.165) is 68.0 Å². The van der Waals surface area contributed by atoms with Crippen molar-refractivity contribution < 1.29 is 14.2 Å². The molecule has 0 N–H and O–H groups in total. The molecule has 1 aliphatic carbocycles. The Balaban J connectivity index is 1.12. The van der Waals surface area contributed by atoms with Crippen LogP contribution in [0.3, 0.4) is 0 Å². The van der Waals surface area contributed by atoms with Gasteiger partial charge in [-0.2, -0.15) is 5.26 Å². The van der Waals surface area contributed by atoms with E-state index in [1.165, 1.54) is 16.8 Å². The SMILES string of the molecule is N#Cc1cc(-c2ccnc3c2C=C(c2ccc(N4CC5(COC5)C4)cc2)C3)ccc1OC1CCOCC1. The van der Waals surface area contributed by atoms with Gasteiger partial charge in [0.2, 0.25) is 0 Å². The van der Waals surface area contributed by atoms with Crippen LogP contribution in [0.15, 0.2) is 54.7 Å². The minimum absolute atomic E-state index is 0.100. The maximum atomic E-state index is 9.84. The topological polar surface area (TPSA) is 67.6 Å². The van der Waals surface area contributed by atoms with Crippen LogP contribution in [0.4, 0.5) is 5.69 Å². The normalized spacial score (nSPS) is 20.0. The molecule has 7 rings (SSSR count). The van der Waals surface area contributed by atoms with Gasteiger partial charge in [0.05, 0.1) is 43.1 Å². The lowest BCUT2D eigenvalue weighted by Gasteiger charge is -2.56. The van der Waals surface area contributed by atoms with Gasteiger partial charge in [0.25, 0.3) is 0 Å². The first-order valence-electron chi connectivity index (χ1n) is 13.1. The van der Waals surface area contributed by atoms with E-state index in [1.807, 2.05) is 24.4 Å². The van der Waals surface area contributed by atoms with Crippen LogP contribution in [-0.2, 0) is 15.9 Å². The number of rotatable bonds is 5. The quantitative estimate of drug-likeness (QED) is 0.494. The average molecular weight is 492 g/mol. The van der Waals surface area contributed by atoms with Crippen molar-refractivity contribution in [1.82, 2.24) is 4.98 Å². The van der Waals surface area contributed by atoms with Crippen LogP contribution < -0.4 is 9.64 Å². The summed E-state index contributed by atoms with van der Waals surface area (Å²) in [6, 6.07) is 19.2. The second-order valence-corrected chi connectivity index (χ2v) is 10.7. The molecule has 0 radical (unpaired) electrons. The van der Waals surface area contributed by atoms with Crippen LogP contribution in [0.5, 0.6) is 5.75 Å². The maximum absolute atomic E-state index is 9.84. The van der Waals surface area contributed by atoms with Crippen molar-refractivity contribution in [3.05, 3.63) is 77.1 Å². The first kappa shape index (κ1) is 22.5. The largest absolute Gasteiger partial charge is 0.489 e. The van der Waals surface area contributed by atoms with Crippen LogP contribution >= 0.6 is 0 Å². The predicted molar refractivity (Wildman–Crippen MR) is 142 cm³/mol. The summed E-state index contributed by atoms with van der Waals surface area (Å²) < 4.78 is 17.0. The zero-order valence-corrected chi connectivity index (χ0v) is 20.8. The van der Waals surface area contributed by atoms with E-state index >= 15 is 0 Å². The van der Waals surface area contributed by atoms with Crippen molar-refractivity contribution in [3.8, 4) is 22.9 Å². The van der Waals surface area contributed by atoms with Crippen molar-refractivity contribution in [2.24, 2.45) is 5.41 Å². The van der Waals surface area contributed by atoms with E-state index in [1.54, 1.807) is 0 Å². The summed E-state index contributed by atoms with van der Waals surface area (Å²) in [4.78, 5) is 7.12. The highest BCUT2D eigenvalue weighted by atomic mass is 16.5. The second-order valence-electron chi connectivity index (χ2n) is 10.7. The third kappa shape index (κ3) is 4.09. The van der Waals surface area contributed by atoms with Crippen molar-refractivity contribution >= 4 is 17.3 Å². The zero-order chi connectivity index (χ0) is 24.8. The van der Waals surface area contributed by atoms with Gasteiger partial charge in [-0.1, -0.05) is 18.2 Å². The Bertz CT molecular complexity index is 1400. The number of nitrogens with zero attached hydrogens (tertiary/aromatic N) is 3. The molecule has 3 aromatic rings. The minimum atomic E-state index is 0.100. The number of nitriles is 1. The van der Waals surface area contributed by atoms with E-state index in [9.17, 15) is 5.26 Å². The van der Waals surface area contributed by atoms with Gasteiger partial charge in [-0.3, -0.25) is 4.98 Å². The van der Waals surface area contributed by atoms with Gasteiger partial charge in [-0.15, -0.1) is 0 Å². The van der Waals surface area contributed by atoms with E-state index in [4.69, 9.17) is 14.2 Å². The Kier molecular flexibility index (Phi) is 5.49. The van der Waals surface area contributed by atoms with Gasteiger partial charge in [0.15, 0.2) is 0 Å². The van der Waals surface area contributed by atoms with Crippen LogP contribution in [0.2, 0.25) is 0 Å². The number of hydrogen-bond acceptors (Lipinski definition) is 6. The summed E-state index contributed by atoms with van der Waals surface area (Å²) in [5.74, 6) is 0.651. The molecular weight excluding hydrogens is 462 g/mol. The van der Waals surface area contributed by atoms with Crippen molar-refractivity contribution in [2.75, 3.05) is 44.4 Å². The van der Waals surface area contributed by atoms with Crippen molar-refractivity contribution in [1.29, 1.82) is 5.26 Å². The molecule has 3 saturated heterocycles. The Hall–Kier alpha value is -3.66. The molecule has 0 unspecified atom stereocenters. The highest BCUT2D eigenvalue weighted by molar-refractivity contribution is 5.93. The van der Waals surface area contributed by atoms with E-state index in [-0.39, 0.29) is 6.10 Å². The highest BCUT2D eigenvalue weighted by Gasteiger charge is 2.49. The molecule has 2 aromatic carbocycles.